The van der Waals surface area contributed by atoms with Crippen molar-refractivity contribution in [3.63, 3.8) is 0 Å². The lowest BCUT2D eigenvalue weighted by Crippen LogP contribution is -2.42. The van der Waals surface area contributed by atoms with E-state index in [1.54, 1.807) is 23.0 Å². The average Bonchev–Trinajstić information content (AvgIpc) is 3.41. The zero-order valence-electron chi connectivity index (χ0n) is 16.6. The van der Waals surface area contributed by atoms with Crippen molar-refractivity contribution in [2.45, 2.75) is 44.5 Å². The predicted octanol–water partition coefficient (Wildman–Crippen LogP) is 2.88. The molecule has 0 aromatic carbocycles. The van der Waals surface area contributed by atoms with E-state index in [1.807, 2.05) is 0 Å². The van der Waals surface area contributed by atoms with Crippen molar-refractivity contribution in [2.24, 2.45) is 0 Å². The SMILES string of the molecule is CC(C)(O)C(F)CNC(=O)c1cnc(-n2ncc3cc(Cl)cnc32)cc1NC1CC1. The van der Waals surface area contributed by atoms with Crippen LogP contribution in [0.15, 0.2) is 30.7 Å². The molecule has 4 rings (SSSR count). The number of hydrogen-bond acceptors (Lipinski definition) is 6. The van der Waals surface area contributed by atoms with Crippen molar-refractivity contribution in [2.75, 3.05) is 11.9 Å². The van der Waals surface area contributed by atoms with Crippen LogP contribution in [-0.2, 0) is 0 Å². The van der Waals surface area contributed by atoms with Gasteiger partial charge in [0.2, 0.25) is 0 Å². The maximum absolute atomic E-state index is 14.0. The highest BCUT2D eigenvalue weighted by Gasteiger charge is 2.28. The van der Waals surface area contributed by atoms with Crippen LogP contribution in [0.3, 0.4) is 0 Å². The molecule has 1 atom stereocenters. The molecule has 1 aliphatic rings. The number of aromatic nitrogens is 4. The van der Waals surface area contributed by atoms with Crippen LogP contribution in [0.1, 0.15) is 37.0 Å². The summed E-state index contributed by atoms with van der Waals surface area (Å²) in [6.45, 7) is 2.41. The van der Waals surface area contributed by atoms with Gasteiger partial charge in [-0.3, -0.25) is 4.79 Å². The van der Waals surface area contributed by atoms with Crippen molar-refractivity contribution in [1.82, 2.24) is 25.1 Å². The normalized spacial score (nSPS) is 15.2. The second-order valence-electron chi connectivity index (χ2n) is 7.96. The highest BCUT2D eigenvalue weighted by Crippen LogP contribution is 2.28. The summed E-state index contributed by atoms with van der Waals surface area (Å²) >= 11 is 5.99. The fourth-order valence-corrected chi connectivity index (χ4v) is 3.06. The average molecular weight is 433 g/mol. The van der Waals surface area contributed by atoms with E-state index in [4.69, 9.17) is 11.6 Å². The standard InChI is InChI=1S/C20H22ClFN6O2/c1-20(2,30)16(22)10-25-19(29)14-9-23-17(6-15(14)27-13-3-4-13)28-18-11(7-26-28)5-12(21)8-24-18/h5-9,13,16,30H,3-4,10H2,1-2H3,(H,23,27)(H,25,29). The summed E-state index contributed by atoms with van der Waals surface area (Å²) in [5.74, 6) is 0.0127. The highest BCUT2D eigenvalue weighted by molar-refractivity contribution is 6.31. The summed E-state index contributed by atoms with van der Waals surface area (Å²) in [4.78, 5) is 21.3. The Morgan fingerprint density at radius 2 is 2.10 bits per heavy atom. The van der Waals surface area contributed by atoms with Gasteiger partial charge in [-0.1, -0.05) is 11.6 Å². The largest absolute Gasteiger partial charge is 0.387 e. The quantitative estimate of drug-likeness (QED) is 0.530. The number of fused-ring (bicyclic) bond motifs is 1. The van der Waals surface area contributed by atoms with Gasteiger partial charge in [-0.05, 0) is 32.8 Å². The van der Waals surface area contributed by atoms with E-state index >= 15 is 0 Å². The number of nitrogens with zero attached hydrogens (tertiary/aromatic N) is 4. The third kappa shape index (κ3) is 4.36. The first-order valence-electron chi connectivity index (χ1n) is 9.63. The minimum absolute atomic E-state index is 0.281. The van der Waals surface area contributed by atoms with Crippen molar-refractivity contribution in [1.29, 1.82) is 0 Å². The zero-order chi connectivity index (χ0) is 21.5. The maximum Gasteiger partial charge on any atom is 0.255 e. The first-order valence-corrected chi connectivity index (χ1v) is 10.0. The van der Waals surface area contributed by atoms with E-state index < -0.39 is 17.7 Å². The van der Waals surface area contributed by atoms with Crippen LogP contribution in [0.2, 0.25) is 5.02 Å². The lowest BCUT2D eigenvalue weighted by atomic mass is 10.0. The van der Waals surface area contributed by atoms with E-state index in [1.165, 1.54) is 26.2 Å². The van der Waals surface area contributed by atoms with Crippen molar-refractivity contribution < 1.29 is 14.3 Å². The van der Waals surface area contributed by atoms with Gasteiger partial charge in [0.1, 0.15) is 6.17 Å². The van der Waals surface area contributed by atoms with Gasteiger partial charge >= 0.3 is 0 Å². The number of hydrogen-bond donors (Lipinski definition) is 3. The van der Waals surface area contributed by atoms with Gasteiger partial charge in [0.05, 0.1) is 34.6 Å². The lowest BCUT2D eigenvalue weighted by Gasteiger charge is -2.22. The molecule has 8 nitrogen and oxygen atoms in total. The van der Waals surface area contributed by atoms with E-state index in [0.29, 0.717) is 27.7 Å². The van der Waals surface area contributed by atoms with E-state index in [0.717, 1.165) is 18.2 Å². The highest BCUT2D eigenvalue weighted by atomic mass is 35.5. The molecule has 158 valence electrons. The Hall–Kier alpha value is -2.78. The predicted molar refractivity (Wildman–Crippen MR) is 112 cm³/mol. The van der Waals surface area contributed by atoms with Crippen LogP contribution >= 0.6 is 11.6 Å². The Morgan fingerprint density at radius 3 is 2.80 bits per heavy atom. The molecule has 1 aliphatic carbocycles. The second-order valence-corrected chi connectivity index (χ2v) is 8.40. The van der Waals surface area contributed by atoms with E-state index in [2.05, 4.69) is 25.7 Å². The number of aliphatic hydroxyl groups is 1. The summed E-state index contributed by atoms with van der Waals surface area (Å²) in [6.07, 6.45) is 5.02. The minimum Gasteiger partial charge on any atom is -0.387 e. The van der Waals surface area contributed by atoms with Gasteiger partial charge in [0, 0.05) is 29.9 Å². The monoisotopic (exact) mass is 432 g/mol. The third-order valence-electron chi connectivity index (χ3n) is 4.87. The molecule has 1 amide bonds. The van der Waals surface area contributed by atoms with Gasteiger partial charge in [-0.2, -0.15) is 9.78 Å². The molecule has 10 heteroatoms. The van der Waals surface area contributed by atoms with Gasteiger partial charge < -0.3 is 15.7 Å². The number of carbonyl (C=O) groups excluding carboxylic acids is 1. The van der Waals surface area contributed by atoms with Crippen molar-refractivity contribution >= 4 is 34.2 Å². The molecular weight excluding hydrogens is 411 g/mol. The first-order chi connectivity index (χ1) is 14.2. The van der Waals surface area contributed by atoms with Gasteiger partial charge in [-0.15, -0.1) is 0 Å². The summed E-state index contributed by atoms with van der Waals surface area (Å²) < 4.78 is 15.6. The minimum atomic E-state index is -1.60. The summed E-state index contributed by atoms with van der Waals surface area (Å²) in [5, 5.41) is 21.2. The number of carbonyl (C=O) groups is 1. The fraction of sp³-hybridized carbons (Fsp3) is 0.400. The lowest BCUT2D eigenvalue weighted by molar-refractivity contribution is -0.00177. The second kappa shape index (κ2) is 7.81. The Bertz CT molecular complexity index is 1090. The summed E-state index contributed by atoms with van der Waals surface area (Å²) in [7, 11) is 0. The molecular formula is C20H22ClFN6O2. The topological polar surface area (TPSA) is 105 Å². The number of amides is 1. The number of alkyl halides is 1. The molecule has 0 aliphatic heterocycles. The molecule has 1 saturated carbocycles. The van der Waals surface area contributed by atoms with Crippen LogP contribution in [-0.4, -0.2) is 55.1 Å². The molecule has 0 radical (unpaired) electrons. The molecule has 3 aromatic rings. The number of rotatable bonds is 7. The Morgan fingerprint density at radius 1 is 1.33 bits per heavy atom. The van der Waals surface area contributed by atoms with Gasteiger partial charge in [-0.25, -0.2) is 14.4 Å². The van der Waals surface area contributed by atoms with E-state index in [-0.39, 0.29) is 12.6 Å². The number of anilines is 1. The van der Waals surface area contributed by atoms with Gasteiger partial charge in [0.15, 0.2) is 11.5 Å². The number of nitrogens with one attached hydrogen (secondary N) is 2. The molecule has 3 N–H and O–H groups in total. The zero-order valence-corrected chi connectivity index (χ0v) is 17.3. The Labute approximate surface area is 177 Å². The van der Waals surface area contributed by atoms with Crippen molar-refractivity contribution in [3.8, 4) is 5.82 Å². The molecule has 3 heterocycles. The Balaban J connectivity index is 1.62. The van der Waals surface area contributed by atoms with Crippen LogP contribution in [0.4, 0.5) is 10.1 Å². The molecule has 0 bridgehead atoms. The number of halogens is 2. The number of pyridine rings is 2. The first kappa shape index (κ1) is 20.5. The summed E-state index contributed by atoms with van der Waals surface area (Å²) in [6, 6.07) is 3.76. The van der Waals surface area contributed by atoms with Crippen LogP contribution in [0.5, 0.6) is 0 Å². The molecule has 1 unspecified atom stereocenters. The van der Waals surface area contributed by atoms with Crippen molar-refractivity contribution in [3.05, 3.63) is 41.3 Å². The molecule has 1 fully saturated rings. The van der Waals surface area contributed by atoms with Crippen LogP contribution in [0.25, 0.3) is 16.9 Å². The van der Waals surface area contributed by atoms with E-state index in [9.17, 15) is 14.3 Å². The van der Waals surface area contributed by atoms with Gasteiger partial charge in [0.25, 0.3) is 5.91 Å². The molecule has 0 spiro atoms. The molecule has 0 saturated heterocycles. The molecule has 3 aromatic heterocycles. The van der Waals surface area contributed by atoms with Crippen LogP contribution in [0, 0.1) is 0 Å². The fourth-order valence-electron chi connectivity index (χ4n) is 2.90. The third-order valence-corrected chi connectivity index (χ3v) is 5.08. The molecule has 30 heavy (non-hydrogen) atoms. The smallest absolute Gasteiger partial charge is 0.255 e. The summed E-state index contributed by atoms with van der Waals surface area (Å²) in [5.41, 5.74) is -0.0779. The Kier molecular flexibility index (Phi) is 5.33. The van der Waals surface area contributed by atoms with Crippen LogP contribution < -0.4 is 10.6 Å². The maximum atomic E-state index is 14.0.